The third-order valence-electron chi connectivity index (χ3n) is 10.7. The molecular formula is C41H50F2N6O3Si. The van der Waals surface area contributed by atoms with Crippen LogP contribution in [0.15, 0.2) is 65.6 Å². The number of benzene rings is 2. The molecule has 3 aromatic heterocycles. The number of nitrogens with one attached hydrogen (secondary N) is 1. The van der Waals surface area contributed by atoms with Crippen LogP contribution in [0.3, 0.4) is 0 Å². The summed E-state index contributed by atoms with van der Waals surface area (Å²) in [4.78, 5) is 29.8. The minimum absolute atomic E-state index is 0.0326. The number of aromatic hydroxyl groups is 1. The van der Waals surface area contributed by atoms with Crippen LogP contribution in [-0.4, -0.2) is 65.2 Å². The van der Waals surface area contributed by atoms with Gasteiger partial charge in [0.1, 0.15) is 23.1 Å². The van der Waals surface area contributed by atoms with Gasteiger partial charge < -0.3 is 19.7 Å². The third kappa shape index (κ3) is 7.63. The Kier molecular flexibility index (Phi) is 10.9. The lowest BCUT2D eigenvalue weighted by molar-refractivity contribution is 0.282. The summed E-state index contributed by atoms with van der Waals surface area (Å²) in [6.07, 6.45) is 3.55. The number of hydrogen-bond acceptors (Lipinski definition) is 8. The Hall–Kier alpha value is -4.52. The number of rotatable bonds is 10. The van der Waals surface area contributed by atoms with E-state index in [9.17, 15) is 9.90 Å². The molecule has 0 amide bonds. The molecule has 9 nitrogen and oxygen atoms in total. The van der Waals surface area contributed by atoms with Gasteiger partial charge in [0.2, 0.25) is 0 Å². The fraction of sp³-hybridized carbons (Fsp3) is 0.415. The molecule has 1 aliphatic rings. The van der Waals surface area contributed by atoms with Crippen molar-refractivity contribution in [2.45, 2.75) is 84.5 Å². The van der Waals surface area contributed by atoms with Crippen LogP contribution in [0.5, 0.6) is 5.75 Å². The van der Waals surface area contributed by atoms with Gasteiger partial charge in [-0.15, -0.1) is 0 Å². The number of hydrogen-bond donors (Lipinski definition) is 2. The van der Waals surface area contributed by atoms with E-state index in [0.717, 1.165) is 35.7 Å². The zero-order valence-electron chi connectivity index (χ0n) is 31.9. The van der Waals surface area contributed by atoms with Crippen LogP contribution in [0.4, 0.5) is 14.6 Å². The van der Waals surface area contributed by atoms with E-state index in [2.05, 4.69) is 69.1 Å². The molecule has 12 heteroatoms. The van der Waals surface area contributed by atoms with Crippen LogP contribution in [0.25, 0.3) is 39.1 Å². The molecule has 1 saturated heterocycles. The number of anilines is 1. The fourth-order valence-electron chi connectivity index (χ4n) is 6.72. The summed E-state index contributed by atoms with van der Waals surface area (Å²) in [5, 5.41) is 14.3. The van der Waals surface area contributed by atoms with Crippen LogP contribution in [0.1, 0.15) is 65.1 Å². The predicted molar refractivity (Wildman–Crippen MR) is 211 cm³/mol. The molecule has 1 atom stereocenters. The Balaban J connectivity index is 1.45. The summed E-state index contributed by atoms with van der Waals surface area (Å²) >= 11 is 0. The highest BCUT2D eigenvalue weighted by atomic mass is 28.4. The summed E-state index contributed by atoms with van der Waals surface area (Å²) < 4.78 is 38.8. The van der Waals surface area contributed by atoms with E-state index in [0.29, 0.717) is 43.1 Å². The van der Waals surface area contributed by atoms with Crippen molar-refractivity contribution < 1.29 is 18.3 Å². The lowest BCUT2D eigenvalue weighted by atomic mass is 9.91. The molecule has 0 radical (unpaired) electrons. The molecule has 0 aliphatic carbocycles. The number of phenols is 1. The van der Waals surface area contributed by atoms with Crippen molar-refractivity contribution in [1.82, 2.24) is 24.8 Å². The van der Waals surface area contributed by atoms with Gasteiger partial charge in [-0.3, -0.25) is 4.98 Å². The molecule has 0 saturated carbocycles. The van der Waals surface area contributed by atoms with E-state index in [1.165, 1.54) is 28.3 Å². The maximum atomic E-state index is 15.9. The Morgan fingerprint density at radius 3 is 2.43 bits per heavy atom. The third-order valence-corrected chi connectivity index (χ3v) is 15.2. The molecule has 5 aromatic rings. The molecule has 0 unspecified atom stereocenters. The van der Waals surface area contributed by atoms with Crippen molar-refractivity contribution in [2.24, 2.45) is 0 Å². The van der Waals surface area contributed by atoms with Crippen LogP contribution in [0, 0.1) is 11.6 Å². The highest BCUT2D eigenvalue weighted by Crippen LogP contribution is 2.38. The Bertz CT molecular complexity index is 2160. The number of halogens is 2. The first kappa shape index (κ1) is 38.2. The van der Waals surface area contributed by atoms with Crippen molar-refractivity contribution >= 4 is 25.2 Å². The van der Waals surface area contributed by atoms with Gasteiger partial charge in [-0.1, -0.05) is 52.8 Å². The minimum atomic E-state index is -1.87. The van der Waals surface area contributed by atoms with Crippen molar-refractivity contribution in [1.29, 1.82) is 0 Å². The monoisotopic (exact) mass is 740 g/mol. The lowest BCUT2D eigenvalue weighted by Crippen LogP contribution is -2.50. The molecule has 1 fully saturated rings. The summed E-state index contributed by atoms with van der Waals surface area (Å²) in [6, 6.07) is 14.5. The quantitative estimate of drug-likeness (QED) is 0.109. The normalized spacial score (nSPS) is 15.5. The summed E-state index contributed by atoms with van der Waals surface area (Å²) in [5.41, 5.74) is 3.31. The zero-order valence-corrected chi connectivity index (χ0v) is 32.9. The Labute approximate surface area is 311 Å². The van der Waals surface area contributed by atoms with Gasteiger partial charge >= 0.3 is 5.69 Å². The lowest BCUT2D eigenvalue weighted by Gasteiger charge is -2.36. The van der Waals surface area contributed by atoms with Gasteiger partial charge in [-0.05, 0) is 91.3 Å². The van der Waals surface area contributed by atoms with Crippen LogP contribution >= 0.6 is 0 Å². The Morgan fingerprint density at radius 1 is 1.04 bits per heavy atom. The van der Waals surface area contributed by atoms with E-state index in [-0.39, 0.29) is 28.2 Å². The van der Waals surface area contributed by atoms with E-state index in [1.807, 2.05) is 42.3 Å². The van der Waals surface area contributed by atoms with Crippen LogP contribution < -0.4 is 15.9 Å². The standard InChI is InChI=1S/C41H50F2N6O3Si/c1-25(2)36-34(27(18-19-45-36)11-10-22-52-53(7,8)41(4,5)6)28-14-16-29(17-15-28)49-39-30(38(47-40(49)51)48-21-20-44-24-26(48)3)23-32(43)37(46-39)35-31(42)12-9-13-33(35)50/h9,12-19,23,25-26,44,50H,10-11,20-22,24H2,1-8H3/t26-/m0/s1. The molecule has 0 bridgehead atoms. The summed E-state index contributed by atoms with van der Waals surface area (Å²) in [6.45, 7) is 20.1. The van der Waals surface area contributed by atoms with E-state index in [4.69, 9.17) is 9.41 Å². The summed E-state index contributed by atoms with van der Waals surface area (Å²) in [5.74, 6) is -1.67. The highest BCUT2D eigenvalue weighted by molar-refractivity contribution is 6.74. The maximum Gasteiger partial charge on any atom is 0.355 e. The van der Waals surface area contributed by atoms with E-state index < -0.39 is 37.1 Å². The Morgan fingerprint density at radius 2 is 1.77 bits per heavy atom. The van der Waals surface area contributed by atoms with Gasteiger partial charge in [-0.25, -0.2) is 23.1 Å². The average Bonchev–Trinajstić information content (AvgIpc) is 3.10. The van der Waals surface area contributed by atoms with Gasteiger partial charge in [0.25, 0.3) is 0 Å². The van der Waals surface area contributed by atoms with Crippen molar-refractivity contribution in [3.63, 3.8) is 0 Å². The van der Waals surface area contributed by atoms with Gasteiger partial charge in [-0.2, -0.15) is 4.98 Å². The van der Waals surface area contributed by atoms with Crippen LogP contribution in [0.2, 0.25) is 18.1 Å². The van der Waals surface area contributed by atoms with Crippen molar-refractivity contribution in [3.05, 3.63) is 94.2 Å². The number of pyridine rings is 2. The van der Waals surface area contributed by atoms with Crippen LogP contribution in [-0.2, 0) is 10.8 Å². The average molecular weight is 741 g/mol. The second-order valence-electron chi connectivity index (χ2n) is 15.8. The largest absolute Gasteiger partial charge is 0.507 e. The number of phenolic OH excluding ortho intramolecular Hbond substituents is 1. The number of aryl methyl sites for hydroxylation is 1. The molecule has 2 aromatic carbocycles. The van der Waals surface area contributed by atoms with Gasteiger partial charge in [0.05, 0.1) is 22.3 Å². The SMILES string of the molecule is CC(C)c1nccc(CCCO[Si](C)(C)C(C)(C)C)c1-c1ccc(-n2c(=O)nc(N3CCNC[C@@H]3C)c3cc(F)c(-c4c(O)cccc4F)nc32)cc1. The number of aromatic nitrogens is 4. The molecule has 6 rings (SSSR count). The van der Waals surface area contributed by atoms with E-state index in [1.54, 1.807) is 0 Å². The first-order valence-corrected chi connectivity index (χ1v) is 21.3. The van der Waals surface area contributed by atoms with Gasteiger partial charge in [0.15, 0.2) is 19.8 Å². The van der Waals surface area contributed by atoms with Gasteiger partial charge in [0, 0.05) is 44.0 Å². The van der Waals surface area contributed by atoms with E-state index >= 15 is 8.78 Å². The smallest absolute Gasteiger partial charge is 0.355 e. The molecule has 53 heavy (non-hydrogen) atoms. The zero-order chi connectivity index (χ0) is 38.2. The molecule has 280 valence electrons. The van der Waals surface area contributed by atoms with Crippen molar-refractivity contribution in [2.75, 3.05) is 31.1 Å². The van der Waals surface area contributed by atoms with Crippen molar-refractivity contribution in [3.8, 4) is 33.8 Å². The second kappa shape index (κ2) is 15.1. The molecule has 0 spiro atoms. The molecular weight excluding hydrogens is 691 g/mol. The molecule has 2 N–H and O–H groups in total. The number of nitrogens with zero attached hydrogens (tertiary/aromatic N) is 5. The molecule has 4 heterocycles. The summed E-state index contributed by atoms with van der Waals surface area (Å²) in [7, 11) is -1.87. The second-order valence-corrected chi connectivity index (χ2v) is 20.6. The topological polar surface area (TPSA) is 105 Å². The first-order chi connectivity index (χ1) is 25.1. The minimum Gasteiger partial charge on any atom is -0.507 e. The first-order valence-electron chi connectivity index (χ1n) is 18.4. The fourth-order valence-corrected chi connectivity index (χ4v) is 7.81. The number of fused-ring (bicyclic) bond motifs is 1. The predicted octanol–water partition coefficient (Wildman–Crippen LogP) is 8.37. The highest BCUT2D eigenvalue weighted by Gasteiger charge is 2.37. The maximum absolute atomic E-state index is 15.9. The molecule has 1 aliphatic heterocycles. The number of piperazine rings is 1.